The van der Waals surface area contributed by atoms with Gasteiger partial charge in [0.2, 0.25) is 0 Å². The Balaban J connectivity index is 2.07. The lowest BCUT2D eigenvalue weighted by Crippen LogP contribution is -2.11. The van der Waals surface area contributed by atoms with Crippen LogP contribution in [0.2, 0.25) is 0 Å². The molecule has 0 radical (unpaired) electrons. The normalized spacial score (nSPS) is 14.6. The van der Waals surface area contributed by atoms with Crippen LogP contribution in [0.1, 0.15) is 19.0 Å². The molecule has 0 atom stereocenters. The molecule has 5 nitrogen and oxygen atoms in total. The monoisotopic (exact) mass is 219 g/mol. The highest BCUT2D eigenvalue weighted by molar-refractivity contribution is 6.08. The third-order valence-electron chi connectivity index (χ3n) is 2.39. The van der Waals surface area contributed by atoms with Gasteiger partial charge < -0.3 is 4.74 Å². The van der Waals surface area contributed by atoms with E-state index in [1.165, 1.54) is 0 Å². The summed E-state index contributed by atoms with van der Waals surface area (Å²) in [5, 5.41) is 4.06. The van der Waals surface area contributed by atoms with Gasteiger partial charge in [-0.05, 0) is 13.0 Å². The molecule has 1 aromatic heterocycles. The summed E-state index contributed by atoms with van der Waals surface area (Å²) in [4.78, 5) is 15.7. The van der Waals surface area contributed by atoms with Crippen LogP contribution in [-0.4, -0.2) is 28.1 Å². The molecule has 0 amide bonds. The molecule has 0 unspecified atom stereocenters. The van der Waals surface area contributed by atoms with Crippen molar-refractivity contribution in [2.24, 2.45) is 12.0 Å². The summed E-state index contributed by atoms with van der Waals surface area (Å²) in [6.07, 6.45) is 3.79. The number of ether oxygens (including phenoxy) is 1. The van der Waals surface area contributed by atoms with Gasteiger partial charge in [0.05, 0.1) is 23.6 Å². The van der Waals surface area contributed by atoms with Gasteiger partial charge in [0.15, 0.2) is 0 Å². The van der Waals surface area contributed by atoms with Crippen molar-refractivity contribution in [1.29, 1.82) is 0 Å². The Kier molecular flexibility index (Phi) is 2.85. The van der Waals surface area contributed by atoms with Gasteiger partial charge in [-0.25, -0.2) is 4.79 Å². The van der Waals surface area contributed by atoms with E-state index in [9.17, 15) is 4.79 Å². The third-order valence-corrected chi connectivity index (χ3v) is 2.39. The topological polar surface area (TPSA) is 56.5 Å². The Hall–Kier alpha value is -1.91. The van der Waals surface area contributed by atoms with Crippen LogP contribution in [0.3, 0.4) is 0 Å². The molecule has 0 saturated heterocycles. The number of esters is 1. The summed E-state index contributed by atoms with van der Waals surface area (Å²) in [5.74, 6) is -0.289. The van der Waals surface area contributed by atoms with E-state index in [1.807, 2.05) is 13.1 Å². The van der Waals surface area contributed by atoms with Gasteiger partial charge in [0.25, 0.3) is 0 Å². The maximum Gasteiger partial charge on any atom is 0.335 e. The minimum Gasteiger partial charge on any atom is -0.463 e. The van der Waals surface area contributed by atoms with E-state index in [0.29, 0.717) is 18.6 Å². The summed E-state index contributed by atoms with van der Waals surface area (Å²) in [6, 6.07) is 1.88. The number of aryl methyl sites for hydroxylation is 1. The molecular formula is C11H13N3O2. The second kappa shape index (κ2) is 4.30. The SMILES string of the molecule is CCOC(=O)C1=CN=C(c2ccnn2C)C1. The fourth-order valence-corrected chi connectivity index (χ4v) is 1.59. The van der Waals surface area contributed by atoms with Crippen LogP contribution in [0.4, 0.5) is 0 Å². The smallest absolute Gasteiger partial charge is 0.335 e. The van der Waals surface area contributed by atoms with Gasteiger partial charge in [-0.3, -0.25) is 9.67 Å². The zero-order valence-corrected chi connectivity index (χ0v) is 9.30. The molecule has 1 aromatic rings. The van der Waals surface area contributed by atoms with E-state index >= 15 is 0 Å². The Morgan fingerprint density at radius 2 is 2.44 bits per heavy atom. The molecule has 0 saturated carbocycles. The van der Waals surface area contributed by atoms with Gasteiger partial charge in [0, 0.05) is 25.9 Å². The number of aliphatic imine (C=N–C) groups is 1. The number of carbonyl (C=O) groups is 1. The largest absolute Gasteiger partial charge is 0.463 e. The molecule has 84 valence electrons. The highest BCUT2D eigenvalue weighted by atomic mass is 16.5. The molecule has 0 fully saturated rings. The zero-order valence-electron chi connectivity index (χ0n) is 9.30. The quantitative estimate of drug-likeness (QED) is 0.714. The van der Waals surface area contributed by atoms with E-state index in [0.717, 1.165) is 11.4 Å². The average Bonchev–Trinajstić information content (AvgIpc) is 2.86. The van der Waals surface area contributed by atoms with E-state index < -0.39 is 0 Å². The van der Waals surface area contributed by atoms with Crippen LogP contribution < -0.4 is 0 Å². The van der Waals surface area contributed by atoms with Crippen molar-refractivity contribution >= 4 is 11.7 Å². The minimum atomic E-state index is -0.289. The molecule has 1 aliphatic heterocycles. The number of hydrogen-bond acceptors (Lipinski definition) is 4. The number of nitrogens with zero attached hydrogens (tertiary/aromatic N) is 3. The summed E-state index contributed by atoms with van der Waals surface area (Å²) < 4.78 is 6.66. The van der Waals surface area contributed by atoms with E-state index in [-0.39, 0.29) is 5.97 Å². The number of carbonyl (C=O) groups excluding carboxylic acids is 1. The lowest BCUT2D eigenvalue weighted by molar-refractivity contribution is -0.138. The highest BCUT2D eigenvalue weighted by Crippen LogP contribution is 2.17. The van der Waals surface area contributed by atoms with Gasteiger partial charge >= 0.3 is 5.97 Å². The van der Waals surface area contributed by atoms with Crippen LogP contribution in [0.15, 0.2) is 29.0 Å². The van der Waals surface area contributed by atoms with E-state index in [1.54, 1.807) is 24.0 Å². The molecule has 0 spiro atoms. The van der Waals surface area contributed by atoms with Crippen LogP contribution in [0.5, 0.6) is 0 Å². The van der Waals surface area contributed by atoms with Gasteiger partial charge in [-0.15, -0.1) is 0 Å². The molecule has 0 N–H and O–H groups in total. The summed E-state index contributed by atoms with van der Waals surface area (Å²) >= 11 is 0. The molecule has 0 bridgehead atoms. The Labute approximate surface area is 93.4 Å². The molecule has 0 aliphatic carbocycles. The van der Waals surface area contributed by atoms with Crippen molar-refractivity contribution in [2.75, 3.05) is 6.61 Å². The molecular weight excluding hydrogens is 206 g/mol. The van der Waals surface area contributed by atoms with Crippen molar-refractivity contribution in [3.63, 3.8) is 0 Å². The fraction of sp³-hybridized carbons (Fsp3) is 0.364. The Bertz CT molecular complexity index is 471. The first kappa shape index (κ1) is 10.6. The molecule has 1 aliphatic rings. The standard InChI is InChI=1S/C11H13N3O2/c1-3-16-11(15)8-6-9(12-7-8)10-4-5-13-14(10)2/h4-5,7H,3,6H2,1-2H3. The van der Waals surface area contributed by atoms with Gasteiger partial charge in [-0.1, -0.05) is 0 Å². The van der Waals surface area contributed by atoms with Crippen molar-refractivity contribution in [3.8, 4) is 0 Å². The second-order valence-corrected chi connectivity index (χ2v) is 3.47. The van der Waals surface area contributed by atoms with Crippen molar-refractivity contribution in [2.45, 2.75) is 13.3 Å². The van der Waals surface area contributed by atoms with Crippen molar-refractivity contribution in [3.05, 3.63) is 29.7 Å². The summed E-state index contributed by atoms with van der Waals surface area (Å²) in [5.41, 5.74) is 2.37. The van der Waals surface area contributed by atoms with Crippen molar-refractivity contribution in [1.82, 2.24) is 9.78 Å². The average molecular weight is 219 g/mol. The Morgan fingerprint density at radius 3 is 3.06 bits per heavy atom. The van der Waals surface area contributed by atoms with Crippen LogP contribution >= 0.6 is 0 Å². The number of hydrogen-bond donors (Lipinski definition) is 0. The first-order chi connectivity index (χ1) is 7.72. The Morgan fingerprint density at radius 1 is 1.62 bits per heavy atom. The summed E-state index contributed by atoms with van der Waals surface area (Å²) in [7, 11) is 1.85. The second-order valence-electron chi connectivity index (χ2n) is 3.47. The van der Waals surface area contributed by atoms with Gasteiger partial charge in [-0.2, -0.15) is 5.10 Å². The van der Waals surface area contributed by atoms with E-state index in [2.05, 4.69) is 10.1 Å². The predicted octanol–water partition coefficient (Wildman–Crippen LogP) is 1.06. The van der Waals surface area contributed by atoms with Gasteiger partial charge in [0.1, 0.15) is 0 Å². The maximum absolute atomic E-state index is 11.5. The molecule has 16 heavy (non-hydrogen) atoms. The van der Waals surface area contributed by atoms with Crippen LogP contribution in [0.25, 0.3) is 0 Å². The lowest BCUT2D eigenvalue weighted by atomic mass is 10.1. The fourth-order valence-electron chi connectivity index (χ4n) is 1.59. The molecule has 2 rings (SSSR count). The molecule has 0 aromatic carbocycles. The number of aromatic nitrogens is 2. The highest BCUT2D eigenvalue weighted by Gasteiger charge is 2.20. The number of rotatable bonds is 3. The zero-order chi connectivity index (χ0) is 11.5. The van der Waals surface area contributed by atoms with E-state index in [4.69, 9.17) is 4.74 Å². The predicted molar refractivity (Wildman–Crippen MR) is 59.1 cm³/mol. The summed E-state index contributed by atoms with van der Waals surface area (Å²) in [6.45, 7) is 2.17. The first-order valence-corrected chi connectivity index (χ1v) is 5.13. The maximum atomic E-state index is 11.5. The van der Waals surface area contributed by atoms with Crippen molar-refractivity contribution < 1.29 is 9.53 Å². The third kappa shape index (κ3) is 1.88. The van der Waals surface area contributed by atoms with Crippen LogP contribution in [0, 0.1) is 0 Å². The lowest BCUT2D eigenvalue weighted by Gasteiger charge is -2.03. The first-order valence-electron chi connectivity index (χ1n) is 5.13. The molecule has 2 heterocycles. The van der Waals surface area contributed by atoms with Crippen LogP contribution in [-0.2, 0) is 16.6 Å². The minimum absolute atomic E-state index is 0.289. The molecule has 5 heteroatoms.